The van der Waals surface area contributed by atoms with Crippen molar-refractivity contribution < 1.29 is 33.4 Å². The molecule has 0 fully saturated rings. The normalized spacial score (nSPS) is 23.7. The molecule has 5 heterocycles. The van der Waals surface area contributed by atoms with Crippen LogP contribution in [0.4, 0.5) is 5.69 Å². The monoisotopic (exact) mass is 627 g/mol. The first-order valence-corrected chi connectivity index (χ1v) is 15.4. The Bertz CT molecular complexity index is 1840. The Morgan fingerprint density at radius 1 is 1.13 bits per heavy atom. The summed E-state index contributed by atoms with van der Waals surface area (Å²) in [7, 11) is 0. The molecule has 3 aliphatic heterocycles. The topological polar surface area (TPSA) is 172 Å². The van der Waals surface area contributed by atoms with Crippen molar-refractivity contribution in [1.29, 1.82) is 0 Å². The molecular formula is C34H37N5O7. The van der Waals surface area contributed by atoms with Crippen molar-refractivity contribution >= 4 is 17.5 Å². The molecule has 3 unspecified atom stereocenters. The summed E-state index contributed by atoms with van der Waals surface area (Å²) in [4.78, 5) is 36.6. The van der Waals surface area contributed by atoms with Crippen LogP contribution in [0.25, 0.3) is 11.6 Å². The highest BCUT2D eigenvalue weighted by Crippen LogP contribution is 2.59. The number of aliphatic hydroxyl groups excluding tert-OH is 2. The minimum absolute atomic E-state index is 0.154. The number of oxazole rings is 2. The molecule has 0 aliphatic carbocycles. The van der Waals surface area contributed by atoms with Crippen LogP contribution in [0.1, 0.15) is 74.7 Å². The Morgan fingerprint density at radius 3 is 2.63 bits per heavy atom. The largest absolute Gasteiger partial charge is 0.469 e. The van der Waals surface area contributed by atoms with Crippen LogP contribution in [0.3, 0.4) is 0 Å². The van der Waals surface area contributed by atoms with Gasteiger partial charge in [-0.05, 0) is 34.6 Å². The standard InChI is InChI=1S/C34H37N5O7/c1-16(2)24-31-39-25(30-35-18(14-40)15-44-30)27(46-31)34-19-8-6-7-9-21(19)37-32(34)45-23-11-10-17(12-20(23)34)13-22(28(42)38-24)36-29(43)26(41)33(3,4)5/h6-12,15-16,22,24,26,32,37,40-41H,13-14H2,1-5H3,(H,36,43)(H,38,42)/t22?,24?,26-,32?,34-/m1/s1. The average Bonchev–Trinajstić information content (AvgIpc) is 3.78. The van der Waals surface area contributed by atoms with E-state index in [0.717, 1.165) is 22.4 Å². The van der Waals surface area contributed by atoms with Crippen LogP contribution in [0.15, 0.2) is 57.6 Å². The first-order chi connectivity index (χ1) is 21.9. The smallest absolute Gasteiger partial charge is 0.250 e. The summed E-state index contributed by atoms with van der Waals surface area (Å²) < 4.78 is 19.2. The molecule has 0 saturated heterocycles. The molecule has 5 atom stereocenters. The number of fused-ring (bicyclic) bond motifs is 4. The minimum Gasteiger partial charge on any atom is -0.469 e. The summed E-state index contributed by atoms with van der Waals surface area (Å²) in [6.07, 6.45) is -0.422. The van der Waals surface area contributed by atoms with Crippen LogP contribution in [0.2, 0.25) is 0 Å². The van der Waals surface area contributed by atoms with Gasteiger partial charge >= 0.3 is 0 Å². The van der Waals surface area contributed by atoms with E-state index in [1.807, 2.05) is 56.3 Å². The number of ether oxygens (including phenoxy) is 1. The van der Waals surface area contributed by atoms with Gasteiger partial charge in [0.05, 0.1) is 6.61 Å². The lowest BCUT2D eigenvalue weighted by atomic mass is 9.72. The predicted molar refractivity (Wildman–Crippen MR) is 166 cm³/mol. The van der Waals surface area contributed by atoms with E-state index < -0.39 is 47.1 Å². The van der Waals surface area contributed by atoms with Gasteiger partial charge in [0.2, 0.25) is 23.6 Å². The molecule has 3 aliphatic rings. The number of nitrogens with one attached hydrogen (secondary N) is 3. The van der Waals surface area contributed by atoms with Crippen LogP contribution < -0.4 is 20.7 Å². The van der Waals surface area contributed by atoms with E-state index in [1.54, 1.807) is 20.8 Å². The molecule has 4 aromatic rings. The molecule has 46 heavy (non-hydrogen) atoms. The number of carbonyl (C=O) groups is 2. The molecule has 4 bridgehead atoms. The van der Waals surface area contributed by atoms with E-state index in [4.69, 9.17) is 18.6 Å². The van der Waals surface area contributed by atoms with E-state index in [-0.39, 0.29) is 30.7 Å². The summed E-state index contributed by atoms with van der Waals surface area (Å²) in [6.45, 7) is 8.81. The zero-order valence-electron chi connectivity index (χ0n) is 26.2. The number of aliphatic hydroxyl groups is 2. The van der Waals surface area contributed by atoms with Gasteiger partial charge in [-0.1, -0.05) is 65.0 Å². The molecular weight excluding hydrogens is 590 g/mol. The van der Waals surface area contributed by atoms with Gasteiger partial charge in [0.1, 0.15) is 41.3 Å². The Kier molecular flexibility index (Phi) is 6.98. The third-order valence-electron chi connectivity index (χ3n) is 9.04. The second-order valence-corrected chi connectivity index (χ2v) is 13.6. The number of nitrogens with zero attached hydrogens (tertiary/aromatic N) is 2. The summed E-state index contributed by atoms with van der Waals surface area (Å²) in [5, 5.41) is 29.9. The maximum Gasteiger partial charge on any atom is 0.250 e. The fraction of sp³-hybridized carbons (Fsp3) is 0.412. The lowest BCUT2D eigenvalue weighted by Gasteiger charge is -2.30. The minimum atomic E-state index is -1.33. The predicted octanol–water partition coefficient (Wildman–Crippen LogP) is 3.56. The second kappa shape index (κ2) is 10.7. The summed E-state index contributed by atoms with van der Waals surface area (Å²) in [6, 6.07) is 11.8. The van der Waals surface area contributed by atoms with Gasteiger partial charge < -0.3 is 39.7 Å². The Balaban J connectivity index is 1.47. The van der Waals surface area contributed by atoms with Gasteiger partial charge in [-0.2, -0.15) is 0 Å². The molecule has 0 radical (unpaired) electrons. The fourth-order valence-corrected chi connectivity index (χ4v) is 6.58. The van der Waals surface area contributed by atoms with E-state index in [9.17, 15) is 19.8 Å². The van der Waals surface area contributed by atoms with Gasteiger partial charge in [0, 0.05) is 17.7 Å². The van der Waals surface area contributed by atoms with Gasteiger partial charge in [-0.15, -0.1) is 0 Å². The SMILES string of the molecule is CC(C)C1NC(=O)C(NC(=O)[C@@H](O)C(C)(C)C)Cc2ccc3c(c2)[C@]2(c4ccccc4NC2O3)c2oc1nc2-c1nc(CO)co1. The van der Waals surface area contributed by atoms with Crippen molar-refractivity contribution in [2.45, 2.75) is 77.5 Å². The van der Waals surface area contributed by atoms with Gasteiger partial charge in [-0.25, -0.2) is 9.97 Å². The number of carbonyl (C=O) groups excluding carboxylic acids is 2. The van der Waals surface area contributed by atoms with Crippen molar-refractivity contribution in [1.82, 2.24) is 20.6 Å². The summed E-state index contributed by atoms with van der Waals surface area (Å²) in [5.74, 6) is 0.141. The quantitative estimate of drug-likeness (QED) is 0.220. The van der Waals surface area contributed by atoms with Crippen LogP contribution >= 0.6 is 0 Å². The summed E-state index contributed by atoms with van der Waals surface area (Å²) >= 11 is 0. The first-order valence-electron chi connectivity index (χ1n) is 15.4. The molecule has 2 aromatic heterocycles. The second-order valence-electron chi connectivity index (χ2n) is 13.6. The molecule has 7 rings (SSSR count). The maximum absolute atomic E-state index is 14.0. The molecule has 0 saturated carbocycles. The molecule has 12 nitrogen and oxygen atoms in total. The zero-order valence-corrected chi connectivity index (χ0v) is 26.2. The number of hydrogen-bond donors (Lipinski definition) is 5. The van der Waals surface area contributed by atoms with E-state index in [2.05, 4.69) is 20.9 Å². The first kappa shape index (κ1) is 30.0. The van der Waals surface area contributed by atoms with E-state index >= 15 is 0 Å². The van der Waals surface area contributed by atoms with Crippen LogP contribution in [-0.4, -0.2) is 50.4 Å². The lowest BCUT2D eigenvalue weighted by Crippen LogP contribution is -2.53. The third kappa shape index (κ3) is 4.58. The number of rotatable bonds is 5. The van der Waals surface area contributed by atoms with Crippen LogP contribution in [0, 0.1) is 11.3 Å². The van der Waals surface area contributed by atoms with Crippen LogP contribution in [0.5, 0.6) is 5.75 Å². The number of aromatic nitrogens is 2. The number of benzene rings is 2. The van der Waals surface area contributed by atoms with Crippen molar-refractivity contribution in [3.05, 3.63) is 82.8 Å². The van der Waals surface area contributed by atoms with Crippen molar-refractivity contribution in [3.8, 4) is 17.3 Å². The molecule has 2 amide bonds. The summed E-state index contributed by atoms with van der Waals surface area (Å²) in [5.41, 5.74) is 2.18. The molecule has 2 aromatic carbocycles. The van der Waals surface area contributed by atoms with Crippen molar-refractivity contribution in [2.75, 3.05) is 5.32 Å². The van der Waals surface area contributed by atoms with Crippen molar-refractivity contribution in [3.63, 3.8) is 0 Å². The van der Waals surface area contributed by atoms with E-state index in [1.165, 1.54) is 6.26 Å². The van der Waals surface area contributed by atoms with E-state index in [0.29, 0.717) is 22.9 Å². The lowest BCUT2D eigenvalue weighted by molar-refractivity contribution is -0.138. The highest BCUT2D eigenvalue weighted by Gasteiger charge is 2.61. The number of para-hydroxylation sites is 1. The van der Waals surface area contributed by atoms with Crippen LogP contribution in [-0.2, 0) is 28.0 Å². The Morgan fingerprint density at radius 2 is 1.91 bits per heavy atom. The zero-order chi connectivity index (χ0) is 32.5. The highest BCUT2D eigenvalue weighted by atomic mass is 16.5. The van der Waals surface area contributed by atoms with Gasteiger partial charge in [0.15, 0.2) is 17.7 Å². The Hall–Kier alpha value is -4.68. The highest BCUT2D eigenvalue weighted by molar-refractivity contribution is 5.90. The number of amides is 2. The van der Waals surface area contributed by atoms with Gasteiger partial charge in [0.25, 0.3) is 0 Å². The fourth-order valence-electron chi connectivity index (χ4n) is 6.58. The average molecular weight is 628 g/mol. The molecule has 1 spiro atoms. The third-order valence-corrected chi connectivity index (χ3v) is 9.04. The number of anilines is 1. The Labute approximate surface area is 265 Å². The number of hydrogen-bond acceptors (Lipinski definition) is 10. The molecule has 12 heteroatoms. The van der Waals surface area contributed by atoms with Crippen molar-refractivity contribution in [2.24, 2.45) is 11.3 Å². The maximum atomic E-state index is 14.0. The molecule has 240 valence electrons. The molecule has 5 N–H and O–H groups in total. The van der Waals surface area contributed by atoms with Gasteiger partial charge in [-0.3, -0.25) is 9.59 Å².